The molecule has 4 fully saturated rings. The number of hydrogen-bond donors (Lipinski definition) is 2. The van der Waals surface area contributed by atoms with Gasteiger partial charge in [0.05, 0.1) is 15.2 Å². The number of anilines is 2. The second kappa shape index (κ2) is 9.68. The van der Waals surface area contributed by atoms with Crippen molar-refractivity contribution in [1.82, 2.24) is 20.2 Å². The first kappa shape index (κ1) is 26.5. The van der Waals surface area contributed by atoms with Gasteiger partial charge in [0, 0.05) is 54.5 Å². The Kier molecular flexibility index (Phi) is 6.10. The molecule has 2 bridgehead atoms. The van der Waals surface area contributed by atoms with Gasteiger partial charge < -0.3 is 20.7 Å². The highest BCUT2D eigenvalue weighted by molar-refractivity contribution is 7.22. The number of nitrogen functional groups attached to an aromatic ring is 1. The Morgan fingerprint density at radius 2 is 1.93 bits per heavy atom. The quantitative estimate of drug-likeness (QED) is 0.313. The third-order valence-electron chi connectivity index (χ3n) is 9.76. The number of benzene rings is 2. The van der Waals surface area contributed by atoms with Gasteiger partial charge in [0.1, 0.15) is 29.9 Å². The minimum absolute atomic E-state index is 0.102. The smallest absolute Gasteiger partial charge is 0.319 e. The van der Waals surface area contributed by atoms with Crippen molar-refractivity contribution < 1.29 is 17.9 Å². The van der Waals surface area contributed by atoms with Crippen LogP contribution in [-0.4, -0.2) is 71.4 Å². The molecule has 42 heavy (non-hydrogen) atoms. The van der Waals surface area contributed by atoms with Gasteiger partial charge in [0.2, 0.25) is 0 Å². The molecule has 8 rings (SSSR count). The SMILES string of the molecule is Cc1cc2c(N3C[C@H]4CC[C@@H](C3)N4)nc(OC[C@@]34CCCN3C[C@H](F)C4)nc2c(F)c1-c1ccc(F)c2sc(N)cc12. The minimum Gasteiger partial charge on any atom is -0.461 e. The van der Waals surface area contributed by atoms with Crippen LogP contribution in [0.25, 0.3) is 32.1 Å². The number of ether oxygens (including phenoxy) is 1. The number of nitrogens with one attached hydrogen (secondary N) is 1. The maximum atomic E-state index is 16.8. The van der Waals surface area contributed by atoms with E-state index in [-0.39, 0.29) is 29.5 Å². The van der Waals surface area contributed by atoms with Crippen molar-refractivity contribution >= 4 is 43.1 Å². The highest BCUT2D eigenvalue weighted by atomic mass is 32.1. The number of hydrogen-bond acceptors (Lipinski definition) is 8. The Balaban J connectivity index is 1.27. The summed E-state index contributed by atoms with van der Waals surface area (Å²) in [7, 11) is 0. The highest BCUT2D eigenvalue weighted by Crippen LogP contribution is 2.43. The first-order valence-corrected chi connectivity index (χ1v) is 15.6. The number of halogens is 3. The van der Waals surface area contributed by atoms with Crippen molar-refractivity contribution in [1.29, 1.82) is 0 Å². The zero-order valence-electron chi connectivity index (χ0n) is 23.4. The summed E-state index contributed by atoms with van der Waals surface area (Å²) < 4.78 is 52.5. The highest BCUT2D eigenvalue weighted by Gasteiger charge is 2.49. The van der Waals surface area contributed by atoms with E-state index in [1.165, 1.54) is 6.07 Å². The Hall–Kier alpha value is -3.15. The van der Waals surface area contributed by atoms with Gasteiger partial charge >= 0.3 is 6.01 Å². The first-order chi connectivity index (χ1) is 20.3. The van der Waals surface area contributed by atoms with Gasteiger partial charge in [-0.2, -0.15) is 9.97 Å². The fourth-order valence-electron chi connectivity index (χ4n) is 7.90. The minimum atomic E-state index is -0.875. The van der Waals surface area contributed by atoms with Gasteiger partial charge in [-0.05, 0) is 68.5 Å². The van der Waals surface area contributed by atoms with Gasteiger partial charge in [-0.25, -0.2) is 13.2 Å². The molecule has 2 aromatic carbocycles. The molecule has 0 saturated carbocycles. The van der Waals surface area contributed by atoms with Crippen LogP contribution in [-0.2, 0) is 0 Å². The van der Waals surface area contributed by atoms with E-state index in [9.17, 15) is 8.78 Å². The molecule has 0 radical (unpaired) electrons. The van der Waals surface area contributed by atoms with Crippen LogP contribution in [0.2, 0.25) is 0 Å². The molecule has 6 heterocycles. The van der Waals surface area contributed by atoms with E-state index in [4.69, 9.17) is 15.5 Å². The molecular formula is C31H33F3N6OS. The molecule has 0 unspecified atom stereocenters. The van der Waals surface area contributed by atoms with Crippen LogP contribution < -0.4 is 20.7 Å². The number of nitrogens with zero attached hydrogens (tertiary/aromatic N) is 4. The van der Waals surface area contributed by atoms with Crippen molar-refractivity contribution in [2.24, 2.45) is 0 Å². The van der Waals surface area contributed by atoms with Crippen molar-refractivity contribution in [3.05, 3.63) is 41.5 Å². The second-order valence-corrected chi connectivity index (χ2v) is 13.6. The number of fused-ring (bicyclic) bond motifs is 5. The third kappa shape index (κ3) is 4.15. The van der Waals surface area contributed by atoms with Crippen molar-refractivity contribution in [2.75, 3.05) is 43.4 Å². The summed E-state index contributed by atoms with van der Waals surface area (Å²) in [4.78, 5) is 13.9. The lowest BCUT2D eigenvalue weighted by Gasteiger charge is -2.35. The average Bonchev–Trinajstić information content (AvgIpc) is 3.70. The lowest BCUT2D eigenvalue weighted by atomic mass is 9.94. The number of rotatable bonds is 5. The molecule has 220 valence electrons. The molecule has 2 aromatic heterocycles. The predicted octanol–water partition coefficient (Wildman–Crippen LogP) is 5.58. The number of piperazine rings is 1. The largest absolute Gasteiger partial charge is 0.461 e. The van der Waals surface area contributed by atoms with Crippen LogP contribution in [0.3, 0.4) is 0 Å². The molecule has 11 heteroatoms. The summed E-state index contributed by atoms with van der Waals surface area (Å²) in [6.45, 7) is 4.93. The third-order valence-corrected chi connectivity index (χ3v) is 10.7. The van der Waals surface area contributed by atoms with E-state index in [1.54, 1.807) is 12.1 Å². The van der Waals surface area contributed by atoms with Crippen LogP contribution >= 0.6 is 11.3 Å². The molecule has 4 aromatic rings. The van der Waals surface area contributed by atoms with Crippen molar-refractivity contribution in [2.45, 2.75) is 62.8 Å². The van der Waals surface area contributed by atoms with Crippen molar-refractivity contribution in [3.63, 3.8) is 0 Å². The molecular weight excluding hydrogens is 561 g/mol. The van der Waals surface area contributed by atoms with E-state index in [0.29, 0.717) is 68.0 Å². The number of thiophene rings is 1. The predicted molar refractivity (Wildman–Crippen MR) is 160 cm³/mol. The topological polar surface area (TPSA) is 79.5 Å². The van der Waals surface area contributed by atoms with Gasteiger partial charge in [-0.1, -0.05) is 6.07 Å². The lowest BCUT2D eigenvalue weighted by Crippen LogP contribution is -2.51. The van der Waals surface area contributed by atoms with Gasteiger partial charge in [0.25, 0.3) is 0 Å². The van der Waals surface area contributed by atoms with Crippen LogP contribution in [0.1, 0.15) is 37.7 Å². The molecule has 0 spiro atoms. The molecule has 3 N–H and O–H groups in total. The van der Waals surface area contributed by atoms with Crippen LogP contribution in [0.4, 0.5) is 24.0 Å². The molecule has 4 saturated heterocycles. The van der Waals surface area contributed by atoms with Crippen molar-refractivity contribution in [3.8, 4) is 17.1 Å². The first-order valence-electron chi connectivity index (χ1n) is 14.8. The molecule has 4 aliphatic heterocycles. The van der Waals surface area contributed by atoms with E-state index in [0.717, 1.165) is 56.7 Å². The fraction of sp³-hybridized carbons (Fsp3) is 0.484. The molecule has 0 amide bonds. The van der Waals surface area contributed by atoms with E-state index in [1.807, 2.05) is 13.0 Å². The molecule has 7 nitrogen and oxygen atoms in total. The van der Waals surface area contributed by atoms with Crippen LogP contribution in [0, 0.1) is 18.6 Å². The summed E-state index contributed by atoms with van der Waals surface area (Å²) in [6, 6.07) is 7.41. The van der Waals surface area contributed by atoms with E-state index < -0.39 is 12.0 Å². The maximum absolute atomic E-state index is 16.8. The summed E-state index contributed by atoms with van der Waals surface area (Å²) in [5, 5.41) is 5.31. The summed E-state index contributed by atoms with van der Waals surface area (Å²) in [6.07, 6.45) is 3.60. The lowest BCUT2D eigenvalue weighted by molar-refractivity contribution is 0.107. The summed E-state index contributed by atoms with van der Waals surface area (Å²) in [5.74, 6) is -0.230. The normalized spacial score (nSPS) is 27.4. The Morgan fingerprint density at radius 3 is 2.74 bits per heavy atom. The summed E-state index contributed by atoms with van der Waals surface area (Å²) in [5.41, 5.74) is 7.46. The average molecular weight is 595 g/mol. The van der Waals surface area contributed by atoms with E-state index >= 15 is 4.39 Å². The van der Waals surface area contributed by atoms with Crippen LogP contribution in [0.15, 0.2) is 24.3 Å². The standard InChI is InChI=1S/C31H33F3N6OS/c1-16-9-22-27(26(34)25(16)20-5-6-23(33)28-21(20)10-24(35)42-28)37-30(38-29(22)39-13-18-3-4-19(14-39)36-18)41-15-31-7-2-8-40(31)12-17(32)11-31/h5-6,9-10,17-19,36H,2-4,7-8,11-15,35H2,1H3/t17-,18-,19+,31+/m1/s1. The van der Waals surface area contributed by atoms with Gasteiger partial charge in [-0.3, -0.25) is 4.90 Å². The number of aryl methyl sites for hydroxylation is 1. The Bertz CT molecular complexity index is 1720. The zero-order chi connectivity index (χ0) is 28.7. The fourth-order valence-corrected chi connectivity index (χ4v) is 8.76. The van der Waals surface area contributed by atoms with Crippen LogP contribution in [0.5, 0.6) is 6.01 Å². The van der Waals surface area contributed by atoms with Gasteiger partial charge in [0.15, 0.2) is 5.82 Å². The Labute approximate surface area is 245 Å². The number of nitrogens with two attached hydrogens (primary N) is 1. The molecule has 0 aliphatic carbocycles. The number of alkyl halides is 1. The number of aromatic nitrogens is 2. The molecule has 4 atom stereocenters. The second-order valence-electron chi connectivity index (χ2n) is 12.5. The van der Waals surface area contributed by atoms with Gasteiger partial charge in [-0.15, -0.1) is 11.3 Å². The summed E-state index contributed by atoms with van der Waals surface area (Å²) >= 11 is 1.15. The Morgan fingerprint density at radius 1 is 1.12 bits per heavy atom. The molecule has 4 aliphatic rings. The maximum Gasteiger partial charge on any atom is 0.319 e. The zero-order valence-corrected chi connectivity index (χ0v) is 24.2. The monoisotopic (exact) mass is 594 g/mol. The van der Waals surface area contributed by atoms with E-state index in [2.05, 4.69) is 20.1 Å².